The molecule has 1 saturated heterocycles. The summed E-state index contributed by atoms with van der Waals surface area (Å²) in [6, 6.07) is 4.31. The fourth-order valence-corrected chi connectivity index (χ4v) is 4.69. The van der Waals surface area contributed by atoms with Gasteiger partial charge in [0.05, 0.1) is 17.6 Å². The van der Waals surface area contributed by atoms with Crippen LogP contribution in [-0.2, 0) is 10.7 Å². The topological polar surface area (TPSA) is 106 Å². The number of anilines is 2. The SMILES string of the molecule is C=C(/C=N\N(C)C(C)C)/C(N)=C/N(N)C1=CC(C(=O)Nc2cc(N(C)C3CCN(C)CC3)cc(C(F)(F)CF)c2)=CC=C=C1C. The Morgan fingerprint density at radius 1 is 1.27 bits per heavy atom. The number of nitrogens with two attached hydrogens (primary N) is 2. The third-order valence-electron chi connectivity index (χ3n) is 7.98. The van der Waals surface area contributed by atoms with Crippen LogP contribution in [0.5, 0.6) is 0 Å². The van der Waals surface area contributed by atoms with Gasteiger partial charge in [-0.25, -0.2) is 10.2 Å². The summed E-state index contributed by atoms with van der Waals surface area (Å²) in [7, 11) is 5.69. The molecule has 9 nitrogen and oxygen atoms in total. The van der Waals surface area contributed by atoms with Gasteiger partial charge < -0.3 is 20.9 Å². The highest BCUT2D eigenvalue weighted by Crippen LogP contribution is 2.35. The Morgan fingerprint density at radius 3 is 2.56 bits per heavy atom. The van der Waals surface area contributed by atoms with Crippen molar-refractivity contribution in [1.82, 2.24) is 14.9 Å². The Morgan fingerprint density at radius 2 is 1.93 bits per heavy atom. The third kappa shape index (κ3) is 9.37. The molecule has 2 aliphatic rings. The van der Waals surface area contributed by atoms with Gasteiger partial charge in [0.2, 0.25) is 0 Å². The summed E-state index contributed by atoms with van der Waals surface area (Å²) in [4.78, 5) is 17.6. The van der Waals surface area contributed by atoms with E-state index in [1.165, 1.54) is 29.6 Å². The number of allylic oxidation sites excluding steroid dienone is 3. The first kappa shape index (κ1) is 35.2. The fraction of sp³-hybridized carbons (Fsp3) is 0.424. The van der Waals surface area contributed by atoms with E-state index in [4.69, 9.17) is 11.6 Å². The highest BCUT2D eigenvalue weighted by Gasteiger charge is 2.33. The largest absolute Gasteiger partial charge is 0.397 e. The van der Waals surface area contributed by atoms with Crippen LogP contribution in [0.15, 0.2) is 88.2 Å². The second-order valence-corrected chi connectivity index (χ2v) is 11.7. The second-order valence-electron chi connectivity index (χ2n) is 11.7. The van der Waals surface area contributed by atoms with Gasteiger partial charge in [0.1, 0.15) is 0 Å². The molecule has 0 bridgehead atoms. The number of hydrogen-bond acceptors (Lipinski definition) is 8. The first-order valence-corrected chi connectivity index (χ1v) is 14.8. The van der Waals surface area contributed by atoms with Crippen molar-refractivity contribution < 1.29 is 18.0 Å². The highest BCUT2D eigenvalue weighted by molar-refractivity contribution is 6.06. The maximum absolute atomic E-state index is 14.6. The van der Waals surface area contributed by atoms with Crippen molar-refractivity contribution >= 4 is 23.5 Å². The van der Waals surface area contributed by atoms with Gasteiger partial charge in [0.25, 0.3) is 5.91 Å². The molecular weight excluding hydrogens is 581 g/mol. The number of amides is 1. The van der Waals surface area contributed by atoms with Crippen molar-refractivity contribution in [3.05, 3.63) is 88.6 Å². The Hall–Kier alpha value is -4.25. The molecule has 1 aromatic carbocycles. The minimum absolute atomic E-state index is 0.114. The van der Waals surface area contributed by atoms with Crippen molar-refractivity contribution in [2.24, 2.45) is 16.7 Å². The van der Waals surface area contributed by atoms with Crippen LogP contribution in [0, 0.1) is 0 Å². The van der Waals surface area contributed by atoms with Crippen LogP contribution in [-0.4, -0.2) is 80.0 Å². The minimum atomic E-state index is -3.72. The number of hydrogen-bond donors (Lipinski definition) is 3. The van der Waals surface area contributed by atoms with Gasteiger partial charge >= 0.3 is 5.92 Å². The number of nitrogens with one attached hydrogen (secondary N) is 1. The molecule has 1 aliphatic carbocycles. The molecule has 244 valence electrons. The quantitative estimate of drug-likeness (QED) is 0.0986. The van der Waals surface area contributed by atoms with E-state index in [-0.39, 0.29) is 29.0 Å². The van der Waals surface area contributed by atoms with E-state index in [0.717, 1.165) is 32.0 Å². The molecule has 3 rings (SSSR count). The molecule has 12 heteroatoms. The Kier molecular flexibility index (Phi) is 11.9. The molecule has 45 heavy (non-hydrogen) atoms. The lowest BCUT2D eigenvalue weighted by atomic mass is 10.0. The zero-order valence-electron chi connectivity index (χ0n) is 26.9. The van der Waals surface area contributed by atoms with Crippen molar-refractivity contribution in [3.63, 3.8) is 0 Å². The van der Waals surface area contributed by atoms with E-state index >= 15 is 0 Å². The molecule has 0 aromatic heterocycles. The van der Waals surface area contributed by atoms with Gasteiger partial charge in [-0.1, -0.05) is 6.58 Å². The van der Waals surface area contributed by atoms with E-state index in [1.54, 1.807) is 30.2 Å². The number of hydrazine groups is 1. The van der Waals surface area contributed by atoms with Crippen LogP contribution in [0.2, 0.25) is 0 Å². The number of piperidine rings is 1. The van der Waals surface area contributed by atoms with Crippen LogP contribution in [0.1, 0.15) is 39.2 Å². The van der Waals surface area contributed by atoms with Gasteiger partial charge in [-0.3, -0.25) is 14.8 Å². The van der Waals surface area contributed by atoms with E-state index in [0.29, 0.717) is 22.5 Å². The van der Waals surface area contributed by atoms with Crippen molar-refractivity contribution in [2.75, 3.05) is 51.1 Å². The number of hydrazone groups is 1. The molecule has 5 N–H and O–H groups in total. The lowest BCUT2D eigenvalue weighted by Crippen LogP contribution is -2.42. The number of alkyl halides is 3. The summed E-state index contributed by atoms with van der Waals surface area (Å²) in [5, 5.41) is 10.0. The zero-order valence-corrected chi connectivity index (χ0v) is 26.9. The molecule has 1 amide bonds. The van der Waals surface area contributed by atoms with Crippen LogP contribution in [0.3, 0.4) is 0 Å². The average molecular weight is 627 g/mol. The molecule has 0 spiro atoms. The van der Waals surface area contributed by atoms with Gasteiger partial charge in [-0.05, 0) is 90.2 Å². The zero-order chi connectivity index (χ0) is 33.5. The molecule has 1 heterocycles. The maximum Gasteiger partial charge on any atom is 0.301 e. The number of benzene rings is 1. The number of carbonyl (C=O) groups is 1. The Balaban J connectivity index is 1.88. The van der Waals surface area contributed by atoms with E-state index in [9.17, 15) is 18.0 Å². The molecule has 0 unspecified atom stereocenters. The van der Waals surface area contributed by atoms with Gasteiger partial charge in [-0.15, -0.1) is 5.73 Å². The number of likely N-dealkylation sites (tertiary alicyclic amines) is 1. The molecule has 0 atom stereocenters. The molecule has 0 radical (unpaired) electrons. The number of carbonyl (C=O) groups excluding carboxylic acids is 1. The molecule has 1 fully saturated rings. The van der Waals surface area contributed by atoms with E-state index in [1.807, 2.05) is 39.9 Å². The van der Waals surface area contributed by atoms with Crippen LogP contribution < -0.4 is 21.8 Å². The summed E-state index contributed by atoms with van der Waals surface area (Å²) in [5.74, 6) is 2.04. The van der Waals surface area contributed by atoms with Crippen LogP contribution in [0.25, 0.3) is 0 Å². The lowest BCUT2D eigenvalue weighted by molar-refractivity contribution is -0.112. The highest BCUT2D eigenvalue weighted by atomic mass is 19.3. The van der Waals surface area contributed by atoms with E-state index < -0.39 is 24.1 Å². The molecule has 0 saturated carbocycles. The molecule has 1 aromatic rings. The Labute approximate surface area is 264 Å². The van der Waals surface area contributed by atoms with E-state index in [2.05, 4.69) is 27.6 Å². The Bertz CT molecular complexity index is 1450. The van der Waals surface area contributed by atoms with Crippen molar-refractivity contribution in [1.29, 1.82) is 0 Å². The van der Waals surface area contributed by atoms with Gasteiger partial charge in [-0.2, -0.15) is 13.9 Å². The smallest absolute Gasteiger partial charge is 0.301 e. The normalized spacial score (nSPS) is 16.7. The average Bonchev–Trinajstić information content (AvgIpc) is 3.20. The van der Waals surface area contributed by atoms with Gasteiger partial charge in [0.15, 0.2) is 6.67 Å². The lowest BCUT2D eigenvalue weighted by Gasteiger charge is -2.37. The summed E-state index contributed by atoms with van der Waals surface area (Å²) in [5.41, 5.74) is 11.2. The van der Waals surface area contributed by atoms with Crippen molar-refractivity contribution in [2.45, 2.75) is 51.6 Å². The summed E-state index contributed by atoms with van der Waals surface area (Å²) < 4.78 is 42.6. The predicted molar refractivity (Wildman–Crippen MR) is 176 cm³/mol. The minimum Gasteiger partial charge on any atom is -0.397 e. The number of rotatable bonds is 12. The number of nitrogens with zero attached hydrogens (tertiary/aromatic N) is 5. The third-order valence-corrected chi connectivity index (χ3v) is 7.98. The van der Waals surface area contributed by atoms with Crippen LogP contribution in [0.4, 0.5) is 24.5 Å². The predicted octanol–water partition coefficient (Wildman–Crippen LogP) is 5.00. The number of halogens is 3. The maximum atomic E-state index is 14.6. The standard InChI is InChI=1S/C33H45F3N8O/c1-22(2)43(7)39-19-24(4)30(37)20-44(38)31-15-25(10-8-9-23(31)3)32(45)40-27-16-26(33(35,36)21-34)17-29(18-27)42(6)28-11-13-41(5)14-12-28/h8,10,15-20,22,28H,4,11-14,21,37-38H2,1-3,5-7H3,(H,40,45)/b30-20-,39-19-. The first-order chi connectivity index (χ1) is 21.1. The second kappa shape index (κ2) is 15.2. The molecule has 1 aliphatic heterocycles. The van der Waals surface area contributed by atoms with Gasteiger partial charge in [0, 0.05) is 66.0 Å². The first-order valence-electron chi connectivity index (χ1n) is 14.8. The summed E-state index contributed by atoms with van der Waals surface area (Å²) >= 11 is 0. The summed E-state index contributed by atoms with van der Waals surface area (Å²) in [6.07, 6.45) is 9.32. The molecular formula is C33H45F3N8O. The monoisotopic (exact) mass is 626 g/mol. The fourth-order valence-electron chi connectivity index (χ4n) is 4.69. The summed E-state index contributed by atoms with van der Waals surface area (Å²) in [6.45, 7) is 9.58. The van der Waals surface area contributed by atoms with Crippen molar-refractivity contribution in [3.8, 4) is 0 Å². The van der Waals surface area contributed by atoms with Crippen LogP contribution >= 0.6 is 0 Å².